The van der Waals surface area contributed by atoms with E-state index in [0.717, 1.165) is 42.5 Å². The Morgan fingerprint density at radius 2 is 0.918 bits per heavy atom. The van der Waals surface area contributed by atoms with Crippen LogP contribution < -0.4 is 26.2 Å². The highest BCUT2D eigenvalue weighted by Crippen LogP contribution is 2.54. The lowest BCUT2D eigenvalue weighted by Crippen LogP contribution is -2.62. The first-order chi connectivity index (χ1) is 34.7. The average Bonchev–Trinajstić information content (AvgIpc) is 3.73. The van der Waals surface area contributed by atoms with Gasteiger partial charge in [-0.05, 0) is 181 Å². The van der Waals surface area contributed by atoms with Crippen molar-refractivity contribution in [3.8, 4) is 22.3 Å². The van der Waals surface area contributed by atoms with Crippen molar-refractivity contribution in [3.63, 3.8) is 0 Å². The van der Waals surface area contributed by atoms with Crippen molar-refractivity contribution in [2.24, 2.45) is 0 Å². The Bertz CT molecular complexity index is 3750. The SMILES string of the molecule is Cc1cc(C(C)(C)C)ccc1N1c2cc3c(cc2B2c4cc5oc6cc7c(cc6c5cc4N(c4ccccc4-c4ccccc4)c4cc(-c5ccccc5)cc1c42)C(C)(C)CCC7(C)C)C(C)(C)CCC3(C)C. The zero-order chi connectivity index (χ0) is 50.7. The lowest BCUT2D eigenvalue weighted by molar-refractivity contribution is 0.332. The van der Waals surface area contributed by atoms with E-state index in [1.165, 1.54) is 111 Å². The van der Waals surface area contributed by atoms with Crippen molar-refractivity contribution in [1.29, 1.82) is 0 Å². The zero-order valence-corrected chi connectivity index (χ0v) is 45.1. The second-order valence-corrected chi connectivity index (χ2v) is 25.9. The van der Waals surface area contributed by atoms with E-state index in [-0.39, 0.29) is 33.8 Å². The first kappa shape index (κ1) is 46.0. The zero-order valence-electron chi connectivity index (χ0n) is 45.1. The first-order valence-electron chi connectivity index (χ1n) is 27.0. The first-order valence-corrected chi connectivity index (χ1v) is 27.0. The van der Waals surface area contributed by atoms with Crippen LogP contribution in [0.2, 0.25) is 0 Å². The van der Waals surface area contributed by atoms with Gasteiger partial charge < -0.3 is 14.2 Å². The van der Waals surface area contributed by atoms with Gasteiger partial charge in [-0.3, -0.25) is 0 Å². The fraction of sp³-hybridized carbons (Fsp3) is 0.304. The molecule has 0 saturated heterocycles. The van der Waals surface area contributed by atoms with Gasteiger partial charge >= 0.3 is 0 Å². The fourth-order valence-electron chi connectivity index (χ4n) is 13.6. The molecule has 0 saturated carbocycles. The molecule has 0 unspecified atom stereocenters. The Labute approximate surface area is 434 Å². The van der Waals surface area contributed by atoms with Crippen molar-refractivity contribution >= 4 is 79.2 Å². The van der Waals surface area contributed by atoms with E-state index in [1.54, 1.807) is 0 Å². The standard InChI is InChI=1S/C69H69BN2O/c1-42-33-46(65(2,3)4)27-28-56(42)71-59-39-52-51(67(7,8)30-31-68(52,9)10)38-54(59)70-55-41-63-49(48-36-50-53(40-62(48)73-63)69(11,12)32-29-66(50,5)6)37-58(55)72(57-26-20-19-25-47(57)44-23-17-14-18-24-44)61-35-45(34-60(71)64(61)70)43-21-15-13-16-22-43/h13-28,33-41H,29-32H2,1-12H3. The molecule has 0 spiro atoms. The lowest BCUT2D eigenvalue weighted by atomic mass is 9.33. The molecule has 2 aliphatic carbocycles. The molecule has 0 bridgehead atoms. The molecule has 4 aliphatic rings. The van der Waals surface area contributed by atoms with E-state index in [2.05, 4.69) is 245 Å². The maximum Gasteiger partial charge on any atom is 0.252 e. The van der Waals surface area contributed by atoms with Gasteiger partial charge in [0.05, 0.1) is 5.69 Å². The third kappa shape index (κ3) is 6.98. The number of hydrogen-bond donors (Lipinski definition) is 0. The molecule has 0 radical (unpaired) electrons. The van der Waals surface area contributed by atoms with E-state index < -0.39 is 0 Å². The Morgan fingerprint density at radius 3 is 1.53 bits per heavy atom. The second-order valence-electron chi connectivity index (χ2n) is 25.9. The minimum Gasteiger partial charge on any atom is -0.456 e. The summed E-state index contributed by atoms with van der Waals surface area (Å²) < 4.78 is 7.24. The number of rotatable bonds is 4. The molecule has 1 aromatic heterocycles. The second kappa shape index (κ2) is 15.6. The number of aryl methyl sites for hydroxylation is 1. The molecule has 0 N–H and O–H groups in total. The third-order valence-corrected chi connectivity index (χ3v) is 18.2. The molecule has 0 atom stereocenters. The van der Waals surface area contributed by atoms with Crippen LogP contribution in [-0.4, -0.2) is 6.71 Å². The average molecular weight is 953 g/mol. The Balaban J connectivity index is 1.19. The highest BCUT2D eigenvalue weighted by molar-refractivity contribution is 7.00. The van der Waals surface area contributed by atoms with Crippen LogP contribution in [0.5, 0.6) is 0 Å². The van der Waals surface area contributed by atoms with E-state index in [9.17, 15) is 0 Å². The Hall–Kier alpha value is -6.78. The molecule has 0 fully saturated rings. The summed E-state index contributed by atoms with van der Waals surface area (Å²) in [7, 11) is 0. The van der Waals surface area contributed by atoms with Crippen LogP contribution in [0.25, 0.3) is 44.2 Å². The van der Waals surface area contributed by atoms with Crippen molar-refractivity contribution in [1.82, 2.24) is 0 Å². The maximum absolute atomic E-state index is 7.24. The monoisotopic (exact) mass is 953 g/mol. The lowest BCUT2D eigenvalue weighted by Gasteiger charge is -2.48. The van der Waals surface area contributed by atoms with Gasteiger partial charge in [0.2, 0.25) is 0 Å². The molecule has 2 aliphatic heterocycles. The van der Waals surface area contributed by atoms with Gasteiger partial charge in [-0.2, -0.15) is 0 Å². The van der Waals surface area contributed by atoms with E-state index in [4.69, 9.17) is 4.42 Å². The summed E-state index contributed by atoms with van der Waals surface area (Å²) >= 11 is 0. The molecule has 4 heteroatoms. The summed E-state index contributed by atoms with van der Waals surface area (Å²) in [6.07, 6.45) is 4.61. The molecule has 0 amide bonds. The minimum atomic E-state index is -0.0832. The van der Waals surface area contributed by atoms with E-state index in [1.807, 2.05) is 0 Å². The molecule has 13 rings (SSSR count). The fourth-order valence-corrected chi connectivity index (χ4v) is 13.6. The van der Waals surface area contributed by atoms with Crippen molar-refractivity contribution in [3.05, 3.63) is 185 Å². The molecule has 364 valence electrons. The summed E-state index contributed by atoms with van der Waals surface area (Å²) in [6.45, 7) is 28.8. The van der Waals surface area contributed by atoms with Gasteiger partial charge in [-0.25, -0.2) is 0 Å². The number of furan rings is 1. The minimum absolute atomic E-state index is 0.0107. The van der Waals surface area contributed by atoms with Crippen LogP contribution >= 0.6 is 0 Å². The number of para-hydroxylation sites is 1. The molecular formula is C69H69BN2O. The summed E-state index contributed by atoms with van der Waals surface area (Å²) in [5.41, 5.74) is 26.6. The quantitative estimate of drug-likeness (QED) is 0.164. The molecule has 9 aromatic rings. The smallest absolute Gasteiger partial charge is 0.252 e. The number of nitrogens with zero attached hydrogens (tertiary/aromatic N) is 2. The molecule has 73 heavy (non-hydrogen) atoms. The predicted octanol–water partition coefficient (Wildman–Crippen LogP) is 17.3. The van der Waals surface area contributed by atoms with Gasteiger partial charge in [0, 0.05) is 44.8 Å². The number of fused-ring (bicyclic) bond motifs is 9. The Kier molecular flexibility index (Phi) is 9.85. The molecule has 3 nitrogen and oxygen atoms in total. The van der Waals surface area contributed by atoms with Crippen molar-refractivity contribution < 1.29 is 4.42 Å². The third-order valence-electron chi connectivity index (χ3n) is 18.2. The predicted molar refractivity (Wildman–Crippen MR) is 313 cm³/mol. The molecular weight excluding hydrogens is 884 g/mol. The number of anilines is 6. The van der Waals surface area contributed by atoms with Crippen LogP contribution in [0.4, 0.5) is 34.1 Å². The topological polar surface area (TPSA) is 19.6 Å². The van der Waals surface area contributed by atoms with Gasteiger partial charge in [-0.15, -0.1) is 0 Å². The highest BCUT2D eigenvalue weighted by Gasteiger charge is 2.48. The summed E-state index contributed by atoms with van der Waals surface area (Å²) in [6, 6.07) is 58.5. The number of hydrogen-bond acceptors (Lipinski definition) is 3. The summed E-state index contributed by atoms with van der Waals surface area (Å²) in [5, 5.41) is 2.37. The van der Waals surface area contributed by atoms with Crippen LogP contribution in [0.3, 0.4) is 0 Å². The van der Waals surface area contributed by atoms with Gasteiger partial charge in [0.25, 0.3) is 6.71 Å². The van der Waals surface area contributed by atoms with Crippen LogP contribution in [-0.2, 0) is 27.1 Å². The summed E-state index contributed by atoms with van der Waals surface area (Å²) in [4.78, 5) is 5.30. The van der Waals surface area contributed by atoms with Gasteiger partial charge in [-0.1, -0.05) is 173 Å². The van der Waals surface area contributed by atoms with E-state index >= 15 is 0 Å². The number of benzene rings is 8. The van der Waals surface area contributed by atoms with Crippen LogP contribution in [0.1, 0.15) is 135 Å². The van der Waals surface area contributed by atoms with Crippen molar-refractivity contribution in [2.75, 3.05) is 9.80 Å². The van der Waals surface area contributed by atoms with Crippen LogP contribution in [0.15, 0.2) is 156 Å². The molecule has 8 aromatic carbocycles. The normalized spacial score (nSPS) is 17.7. The summed E-state index contributed by atoms with van der Waals surface area (Å²) in [5.74, 6) is 0. The van der Waals surface area contributed by atoms with Gasteiger partial charge in [0.15, 0.2) is 0 Å². The highest BCUT2D eigenvalue weighted by atomic mass is 16.3. The van der Waals surface area contributed by atoms with Gasteiger partial charge in [0.1, 0.15) is 11.2 Å². The Morgan fingerprint density at radius 1 is 0.425 bits per heavy atom. The largest absolute Gasteiger partial charge is 0.456 e. The maximum atomic E-state index is 7.24. The van der Waals surface area contributed by atoms with Crippen molar-refractivity contribution in [2.45, 2.75) is 136 Å². The van der Waals surface area contributed by atoms with Crippen LogP contribution in [0, 0.1) is 6.92 Å². The molecule has 3 heterocycles. The van der Waals surface area contributed by atoms with E-state index in [0.29, 0.717) is 0 Å².